The zero-order valence-corrected chi connectivity index (χ0v) is 10.1. The molecule has 0 aliphatic carbocycles. The average molecular weight is 245 g/mol. The molecule has 5 heteroatoms. The van der Waals surface area contributed by atoms with Crippen LogP contribution in [-0.4, -0.2) is 27.2 Å². The molecule has 1 aromatic carbocycles. The summed E-state index contributed by atoms with van der Waals surface area (Å²) in [5.41, 5.74) is 2.03. The van der Waals surface area contributed by atoms with Gasteiger partial charge in [0, 0.05) is 31.2 Å². The van der Waals surface area contributed by atoms with Gasteiger partial charge in [0.25, 0.3) is 0 Å². The zero-order valence-electron chi connectivity index (χ0n) is 10.1. The molecule has 0 saturated carbocycles. The van der Waals surface area contributed by atoms with Crippen molar-refractivity contribution in [3.63, 3.8) is 0 Å². The minimum Gasteiger partial charge on any atom is -0.478 e. The van der Waals surface area contributed by atoms with Crippen LogP contribution in [0, 0.1) is 6.92 Å². The van der Waals surface area contributed by atoms with Gasteiger partial charge in [-0.2, -0.15) is 0 Å². The van der Waals surface area contributed by atoms with Crippen molar-refractivity contribution in [2.75, 3.05) is 11.9 Å². The van der Waals surface area contributed by atoms with Gasteiger partial charge < -0.3 is 15.0 Å². The Morgan fingerprint density at radius 2 is 2.33 bits per heavy atom. The van der Waals surface area contributed by atoms with Crippen molar-refractivity contribution in [3.05, 3.63) is 48.0 Å². The van der Waals surface area contributed by atoms with E-state index < -0.39 is 5.97 Å². The fourth-order valence-corrected chi connectivity index (χ4v) is 1.76. The van der Waals surface area contributed by atoms with Gasteiger partial charge in [0.1, 0.15) is 0 Å². The quantitative estimate of drug-likeness (QED) is 0.845. The standard InChI is InChI=1S/C13H15N3O2/c1-10-8-11(2-3-12(10)13(17)18)15-5-7-16-6-4-14-9-16/h2-4,6,8-9,15H,5,7H2,1H3,(H,17,18). The summed E-state index contributed by atoms with van der Waals surface area (Å²) in [5.74, 6) is -0.891. The van der Waals surface area contributed by atoms with Crippen LogP contribution in [-0.2, 0) is 6.54 Å². The maximum absolute atomic E-state index is 10.9. The second-order valence-corrected chi connectivity index (χ2v) is 4.06. The number of nitrogens with one attached hydrogen (secondary N) is 1. The number of aryl methyl sites for hydroxylation is 1. The lowest BCUT2D eigenvalue weighted by molar-refractivity contribution is 0.0696. The molecule has 2 aromatic rings. The summed E-state index contributed by atoms with van der Waals surface area (Å²) in [6.45, 7) is 3.38. The summed E-state index contributed by atoms with van der Waals surface area (Å²) in [6, 6.07) is 5.25. The highest BCUT2D eigenvalue weighted by Crippen LogP contribution is 2.14. The number of rotatable bonds is 5. The van der Waals surface area contributed by atoms with Crippen LogP contribution in [0.1, 0.15) is 15.9 Å². The fraction of sp³-hybridized carbons (Fsp3) is 0.231. The number of aromatic carboxylic acids is 1. The molecule has 0 unspecified atom stereocenters. The van der Waals surface area contributed by atoms with E-state index >= 15 is 0 Å². The Morgan fingerprint density at radius 1 is 1.50 bits per heavy atom. The third kappa shape index (κ3) is 2.88. The van der Waals surface area contributed by atoms with Crippen LogP contribution in [0.5, 0.6) is 0 Å². The average Bonchev–Trinajstić information content (AvgIpc) is 2.81. The lowest BCUT2D eigenvalue weighted by Gasteiger charge is -2.09. The second kappa shape index (κ2) is 5.35. The predicted octanol–water partition coefficient (Wildman–Crippen LogP) is 2.00. The number of carboxylic acids is 1. The Bertz CT molecular complexity index is 535. The predicted molar refractivity (Wildman–Crippen MR) is 68.9 cm³/mol. The number of anilines is 1. The van der Waals surface area contributed by atoms with Crippen LogP contribution in [0.15, 0.2) is 36.9 Å². The molecule has 2 N–H and O–H groups in total. The largest absolute Gasteiger partial charge is 0.478 e. The van der Waals surface area contributed by atoms with Gasteiger partial charge in [0.05, 0.1) is 11.9 Å². The molecule has 18 heavy (non-hydrogen) atoms. The third-order valence-electron chi connectivity index (χ3n) is 2.72. The highest BCUT2D eigenvalue weighted by atomic mass is 16.4. The van der Waals surface area contributed by atoms with Gasteiger partial charge in [-0.25, -0.2) is 9.78 Å². The minimum absolute atomic E-state index is 0.343. The van der Waals surface area contributed by atoms with Gasteiger partial charge in [-0.05, 0) is 30.7 Å². The number of hydrogen-bond acceptors (Lipinski definition) is 3. The van der Waals surface area contributed by atoms with Crippen LogP contribution < -0.4 is 5.32 Å². The number of carbonyl (C=O) groups is 1. The molecule has 0 aliphatic rings. The zero-order chi connectivity index (χ0) is 13.0. The van der Waals surface area contributed by atoms with E-state index in [4.69, 9.17) is 5.11 Å². The smallest absolute Gasteiger partial charge is 0.335 e. The summed E-state index contributed by atoms with van der Waals surface area (Å²) in [6.07, 6.45) is 5.41. The van der Waals surface area contributed by atoms with Crippen molar-refractivity contribution >= 4 is 11.7 Å². The van der Waals surface area contributed by atoms with Crippen LogP contribution in [0.25, 0.3) is 0 Å². The van der Waals surface area contributed by atoms with Gasteiger partial charge in [-0.15, -0.1) is 0 Å². The van der Waals surface area contributed by atoms with Gasteiger partial charge in [0.15, 0.2) is 0 Å². The van der Waals surface area contributed by atoms with Gasteiger partial charge >= 0.3 is 5.97 Å². The second-order valence-electron chi connectivity index (χ2n) is 4.06. The Kier molecular flexibility index (Phi) is 3.62. The number of benzene rings is 1. The van der Waals surface area contributed by atoms with Gasteiger partial charge in [0.2, 0.25) is 0 Å². The molecule has 0 radical (unpaired) electrons. The molecule has 0 aliphatic heterocycles. The Morgan fingerprint density at radius 3 is 2.94 bits per heavy atom. The summed E-state index contributed by atoms with van der Waals surface area (Å²) in [7, 11) is 0. The molecular weight excluding hydrogens is 230 g/mol. The van der Waals surface area contributed by atoms with E-state index in [0.29, 0.717) is 5.56 Å². The van der Waals surface area contributed by atoms with E-state index in [1.807, 2.05) is 16.8 Å². The highest BCUT2D eigenvalue weighted by molar-refractivity contribution is 5.89. The van der Waals surface area contributed by atoms with E-state index in [9.17, 15) is 4.79 Å². The van der Waals surface area contributed by atoms with Crippen LogP contribution in [0.4, 0.5) is 5.69 Å². The monoisotopic (exact) mass is 245 g/mol. The summed E-state index contributed by atoms with van der Waals surface area (Å²) >= 11 is 0. The van der Waals surface area contributed by atoms with Crippen molar-refractivity contribution < 1.29 is 9.90 Å². The maximum Gasteiger partial charge on any atom is 0.335 e. The first-order valence-corrected chi connectivity index (χ1v) is 5.70. The maximum atomic E-state index is 10.9. The number of nitrogens with zero attached hydrogens (tertiary/aromatic N) is 2. The molecule has 2 rings (SSSR count). The van der Waals surface area contributed by atoms with Gasteiger partial charge in [-0.1, -0.05) is 0 Å². The summed E-state index contributed by atoms with van der Waals surface area (Å²) in [4.78, 5) is 14.8. The van der Waals surface area contributed by atoms with E-state index in [-0.39, 0.29) is 0 Å². The number of hydrogen-bond donors (Lipinski definition) is 2. The van der Waals surface area contributed by atoms with Gasteiger partial charge in [-0.3, -0.25) is 0 Å². The van der Waals surface area contributed by atoms with E-state index in [1.165, 1.54) is 0 Å². The molecule has 0 atom stereocenters. The summed E-state index contributed by atoms with van der Waals surface area (Å²) < 4.78 is 1.98. The van der Waals surface area contributed by atoms with Crippen molar-refractivity contribution in [1.29, 1.82) is 0 Å². The normalized spacial score (nSPS) is 10.3. The topological polar surface area (TPSA) is 67.2 Å². The number of carboxylic acid groups (broad SMARTS) is 1. The number of aromatic nitrogens is 2. The minimum atomic E-state index is -0.891. The fourth-order valence-electron chi connectivity index (χ4n) is 1.76. The molecule has 1 aromatic heterocycles. The molecule has 0 saturated heterocycles. The molecule has 0 amide bonds. The lowest BCUT2D eigenvalue weighted by Crippen LogP contribution is -2.09. The van der Waals surface area contributed by atoms with Crippen LogP contribution in [0.3, 0.4) is 0 Å². The molecule has 0 fully saturated rings. The highest BCUT2D eigenvalue weighted by Gasteiger charge is 2.06. The van der Waals surface area contributed by atoms with E-state index in [0.717, 1.165) is 24.3 Å². The van der Waals surface area contributed by atoms with Crippen molar-refractivity contribution in [2.24, 2.45) is 0 Å². The molecule has 5 nitrogen and oxygen atoms in total. The summed E-state index contributed by atoms with van der Waals surface area (Å²) in [5, 5.41) is 12.2. The molecule has 1 heterocycles. The van der Waals surface area contributed by atoms with Crippen LogP contribution in [0.2, 0.25) is 0 Å². The first-order chi connectivity index (χ1) is 8.66. The van der Waals surface area contributed by atoms with Crippen molar-refractivity contribution in [1.82, 2.24) is 9.55 Å². The SMILES string of the molecule is Cc1cc(NCCn2ccnc2)ccc1C(=O)O. The Labute approximate surface area is 105 Å². The van der Waals surface area contributed by atoms with Crippen molar-refractivity contribution in [2.45, 2.75) is 13.5 Å². The molecule has 0 bridgehead atoms. The lowest BCUT2D eigenvalue weighted by atomic mass is 10.1. The molecule has 0 spiro atoms. The first-order valence-electron chi connectivity index (χ1n) is 5.70. The Balaban J connectivity index is 1.94. The molecule has 94 valence electrons. The third-order valence-corrected chi connectivity index (χ3v) is 2.72. The number of imidazole rings is 1. The molecular formula is C13H15N3O2. The van der Waals surface area contributed by atoms with E-state index in [1.54, 1.807) is 31.6 Å². The Hall–Kier alpha value is -2.30. The first kappa shape index (κ1) is 12.2. The van der Waals surface area contributed by atoms with E-state index in [2.05, 4.69) is 10.3 Å². The van der Waals surface area contributed by atoms with Crippen LogP contribution >= 0.6 is 0 Å². The van der Waals surface area contributed by atoms with Crippen molar-refractivity contribution in [3.8, 4) is 0 Å².